The molecule has 3 heterocycles. The van der Waals surface area contributed by atoms with Crippen molar-refractivity contribution in [2.75, 3.05) is 36.0 Å². The van der Waals surface area contributed by atoms with E-state index in [1.54, 1.807) is 6.07 Å². The predicted octanol–water partition coefficient (Wildman–Crippen LogP) is 3.59. The first-order chi connectivity index (χ1) is 13.7. The van der Waals surface area contributed by atoms with Crippen LogP contribution in [0.25, 0.3) is 0 Å². The van der Waals surface area contributed by atoms with E-state index in [1.807, 2.05) is 0 Å². The number of H-pyrrole nitrogens is 1. The smallest absolute Gasteiger partial charge is 0.251 e. The highest BCUT2D eigenvalue weighted by Crippen LogP contribution is 2.28. The van der Waals surface area contributed by atoms with Gasteiger partial charge in [0.15, 0.2) is 0 Å². The second kappa shape index (κ2) is 8.82. The first kappa shape index (κ1) is 19.1. The maximum Gasteiger partial charge on any atom is 0.251 e. The fourth-order valence-corrected chi connectivity index (χ4v) is 4.55. The monoisotopic (exact) mass is 381 g/mol. The van der Waals surface area contributed by atoms with Crippen LogP contribution >= 0.6 is 0 Å². The zero-order chi connectivity index (χ0) is 19.3. The lowest BCUT2D eigenvalue weighted by molar-refractivity contribution is 0.0348. The van der Waals surface area contributed by atoms with Crippen LogP contribution in [0.2, 0.25) is 0 Å². The number of pyridine rings is 1. The molecule has 0 spiro atoms. The number of aromatic nitrogens is 1. The molecule has 2 saturated heterocycles. The molecule has 1 aromatic heterocycles. The highest BCUT2D eigenvalue weighted by atomic mass is 16.5. The SMILES string of the molecule is CCCC1CN(c2cc(N3CCC[C@@H]3Cc3ccccc3)[nH]c(=O)c2)CCO1. The minimum atomic E-state index is -0.0172. The summed E-state index contributed by atoms with van der Waals surface area (Å²) in [6.07, 6.45) is 5.80. The van der Waals surface area contributed by atoms with Gasteiger partial charge >= 0.3 is 0 Å². The van der Waals surface area contributed by atoms with Gasteiger partial charge in [0, 0.05) is 43.5 Å². The van der Waals surface area contributed by atoms with E-state index in [0.29, 0.717) is 6.04 Å². The van der Waals surface area contributed by atoms with Crippen LogP contribution < -0.4 is 15.4 Å². The van der Waals surface area contributed by atoms with Gasteiger partial charge in [-0.1, -0.05) is 43.7 Å². The number of nitrogens with zero attached hydrogens (tertiary/aromatic N) is 2. The van der Waals surface area contributed by atoms with Crippen molar-refractivity contribution in [2.45, 2.75) is 51.2 Å². The molecule has 5 heteroatoms. The van der Waals surface area contributed by atoms with Gasteiger partial charge in [0.1, 0.15) is 5.82 Å². The summed E-state index contributed by atoms with van der Waals surface area (Å²) in [6, 6.07) is 15.0. The second-order valence-corrected chi connectivity index (χ2v) is 7.99. The quantitative estimate of drug-likeness (QED) is 0.831. The third kappa shape index (κ3) is 4.41. The van der Waals surface area contributed by atoms with Crippen molar-refractivity contribution in [3.63, 3.8) is 0 Å². The van der Waals surface area contributed by atoms with Gasteiger partial charge in [0.25, 0.3) is 5.56 Å². The molecule has 1 N–H and O–H groups in total. The molecular weight excluding hydrogens is 350 g/mol. The van der Waals surface area contributed by atoms with E-state index in [0.717, 1.165) is 63.4 Å². The van der Waals surface area contributed by atoms with Crippen molar-refractivity contribution in [3.05, 3.63) is 58.4 Å². The van der Waals surface area contributed by atoms with Gasteiger partial charge in [-0.25, -0.2) is 0 Å². The van der Waals surface area contributed by atoms with Gasteiger partial charge in [-0.05, 0) is 31.2 Å². The molecule has 2 fully saturated rings. The van der Waals surface area contributed by atoms with Crippen LogP contribution in [-0.4, -0.2) is 43.4 Å². The maximum absolute atomic E-state index is 12.4. The summed E-state index contributed by atoms with van der Waals surface area (Å²) >= 11 is 0. The lowest BCUT2D eigenvalue weighted by Crippen LogP contribution is -2.43. The average molecular weight is 382 g/mol. The summed E-state index contributed by atoms with van der Waals surface area (Å²) in [7, 11) is 0. The van der Waals surface area contributed by atoms with Crippen molar-refractivity contribution in [1.29, 1.82) is 0 Å². The summed E-state index contributed by atoms with van der Waals surface area (Å²) in [6.45, 7) is 5.63. The number of ether oxygens (including phenoxy) is 1. The van der Waals surface area contributed by atoms with Crippen molar-refractivity contribution >= 4 is 11.5 Å². The molecular formula is C23H31N3O2. The Kier molecular flexibility index (Phi) is 6.01. The number of morpholine rings is 1. The van der Waals surface area contributed by atoms with E-state index in [-0.39, 0.29) is 11.7 Å². The lowest BCUT2D eigenvalue weighted by atomic mass is 10.0. The summed E-state index contributed by atoms with van der Waals surface area (Å²) in [5.41, 5.74) is 2.36. The Morgan fingerprint density at radius 1 is 1.18 bits per heavy atom. The molecule has 1 unspecified atom stereocenters. The van der Waals surface area contributed by atoms with Gasteiger partial charge in [0.05, 0.1) is 12.7 Å². The lowest BCUT2D eigenvalue weighted by Gasteiger charge is -2.35. The molecule has 0 saturated carbocycles. The molecule has 0 bridgehead atoms. The van der Waals surface area contributed by atoms with Crippen LogP contribution in [0.15, 0.2) is 47.3 Å². The number of hydrogen-bond donors (Lipinski definition) is 1. The van der Waals surface area contributed by atoms with Gasteiger partial charge in [-0.2, -0.15) is 0 Å². The van der Waals surface area contributed by atoms with Gasteiger partial charge in [0.2, 0.25) is 0 Å². The average Bonchev–Trinajstić information content (AvgIpc) is 3.17. The van der Waals surface area contributed by atoms with Crippen LogP contribution in [0.1, 0.15) is 38.2 Å². The van der Waals surface area contributed by atoms with E-state index in [2.05, 4.69) is 58.1 Å². The summed E-state index contributed by atoms with van der Waals surface area (Å²) < 4.78 is 5.88. The molecule has 0 amide bonds. The first-order valence-electron chi connectivity index (χ1n) is 10.6. The summed E-state index contributed by atoms with van der Waals surface area (Å²) in [5.74, 6) is 0.958. The number of rotatable bonds is 6. The second-order valence-electron chi connectivity index (χ2n) is 7.99. The van der Waals surface area contributed by atoms with Crippen LogP contribution in [0.4, 0.5) is 11.5 Å². The van der Waals surface area contributed by atoms with Crippen LogP contribution in [-0.2, 0) is 11.2 Å². The third-order valence-electron chi connectivity index (χ3n) is 5.93. The summed E-state index contributed by atoms with van der Waals surface area (Å²) in [4.78, 5) is 20.2. The number of nitrogens with one attached hydrogen (secondary N) is 1. The molecule has 5 nitrogen and oxygen atoms in total. The predicted molar refractivity (Wildman–Crippen MR) is 114 cm³/mol. The Balaban J connectivity index is 1.53. The van der Waals surface area contributed by atoms with Gasteiger partial charge in [-0.15, -0.1) is 0 Å². The van der Waals surface area contributed by atoms with Crippen molar-refractivity contribution in [3.8, 4) is 0 Å². The van der Waals surface area contributed by atoms with E-state index < -0.39 is 0 Å². The van der Waals surface area contributed by atoms with Crippen LogP contribution in [0.5, 0.6) is 0 Å². The van der Waals surface area contributed by atoms with Crippen molar-refractivity contribution in [2.24, 2.45) is 0 Å². The van der Waals surface area contributed by atoms with E-state index in [4.69, 9.17) is 4.74 Å². The topological polar surface area (TPSA) is 48.6 Å². The number of hydrogen-bond acceptors (Lipinski definition) is 4. The fraction of sp³-hybridized carbons (Fsp3) is 0.522. The Bertz CT molecular complexity index is 818. The molecule has 150 valence electrons. The first-order valence-corrected chi connectivity index (χ1v) is 10.6. The minimum Gasteiger partial charge on any atom is -0.375 e. The van der Waals surface area contributed by atoms with Gasteiger partial charge in [-0.3, -0.25) is 4.79 Å². The van der Waals surface area contributed by atoms with E-state index >= 15 is 0 Å². The molecule has 28 heavy (non-hydrogen) atoms. The molecule has 0 radical (unpaired) electrons. The Hall–Kier alpha value is -2.27. The molecule has 4 rings (SSSR count). The van der Waals surface area contributed by atoms with Crippen molar-refractivity contribution in [1.82, 2.24) is 4.98 Å². The molecule has 0 aliphatic carbocycles. The van der Waals surface area contributed by atoms with Gasteiger partial charge < -0.3 is 19.5 Å². The highest BCUT2D eigenvalue weighted by molar-refractivity contribution is 5.56. The molecule has 2 aliphatic rings. The third-order valence-corrected chi connectivity index (χ3v) is 5.93. The number of benzene rings is 1. The Morgan fingerprint density at radius 3 is 2.86 bits per heavy atom. The zero-order valence-corrected chi connectivity index (χ0v) is 16.8. The molecule has 2 atom stereocenters. The molecule has 2 aromatic rings. The standard InChI is InChI=1S/C23H31N3O2/c1-2-7-21-17-25(12-13-28-21)20-15-22(24-23(27)16-20)26-11-6-10-19(26)14-18-8-4-3-5-9-18/h3-5,8-9,15-16,19,21H,2,6-7,10-14,17H2,1H3,(H,24,27)/t19-,21?/m1/s1. The largest absolute Gasteiger partial charge is 0.375 e. The fourth-order valence-electron chi connectivity index (χ4n) is 4.55. The van der Waals surface area contributed by atoms with E-state index in [9.17, 15) is 4.79 Å². The molecule has 2 aliphatic heterocycles. The van der Waals surface area contributed by atoms with Crippen molar-refractivity contribution < 1.29 is 4.74 Å². The normalized spacial score (nSPS) is 22.6. The van der Waals surface area contributed by atoms with Crippen LogP contribution in [0.3, 0.4) is 0 Å². The number of aromatic amines is 1. The molecule has 1 aromatic carbocycles. The maximum atomic E-state index is 12.4. The number of anilines is 2. The zero-order valence-electron chi connectivity index (χ0n) is 16.8. The minimum absolute atomic E-state index is 0.0172. The summed E-state index contributed by atoms with van der Waals surface area (Å²) in [5, 5.41) is 0. The van der Waals surface area contributed by atoms with Crippen LogP contribution in [0, 0.1) is 0 Å². The Morgan fingerprint density at radius 2 is 2.04 bits per heavy atom. The Labute approximate surface area is 167 Å². The van der Waals surface area contributed by atoms with E-state index in [1.165, 1.54) is 12.0 Å². The highest BCUT2D eigenvalue weighted by Gasteiger charge is 2.27.